The Hall–Kier alpha value is -1.30. The number of hydrogen-bond donors (Lipinski definition) is 1. The van der Waals surface area contributed by atoms with Crippen LogP contribution in [0.2, 0.25) is 0 Å². The first-order valence-electron chi connectivity index (χ1n) is 7.13. The van der Waals surface area contributed by atoms with E-state index in [0.717, 1.165) is 25.9 Å². The van der Waals surface area contributed by atoms with E-state index >= 15 is 0 Å². The van der Waals surface area contributed by atoms with E-state index in [1.165, 1.54) is 0 Å². The maximum atomic E-state index is 12.3. The van der Waals surface area contributed by atoms with E-state index in [1.54, 1.807) is 11.8 Å². The first kappa shape index (κ1) is 14.1. The van der Waals surface area contributed by atoms with E-state index in [2.05, 4.69) is 5.32 Å². The van der Waals surface area contributed by atoms with Gasteiger partial charge in [-0.1, -0.05) is 0 Å². The summed E-state index contributed by atoms with van der Waals surface area (Å²) in [6.07, 6.45) is 1.78. The average molecular weight is 269 g/mol. The maximum Gasteiger partial charge on any atom is 0.409 e. The van der Waals surface area contributed by atoms with Crippen molar-refractivity contribution in [2.75, 3.05) is 45.9 Å². The van der Waals surface area contributed by atoms with Crippen molar-refractivity contribution in [1.29, 1.82) is 0 Å². The van der Waals surface area contributed by atoms with Crippen molar-refractivity contribution >= 4 is 12.0 Å². The molecule has 0 aliphatic carbocycles. The van der Waals surface area contributed by atoms with Gasteiger partial charge < -0.3 is 19.9 Å². The van der Waals surface area contributed by atoms with Gasteiger partial charge in [-0.3, -0.25) is 4.79 Å². The number of piperidine rings is 1. The second kappa shape index (κ2) is 6.75. The molecule has 2 aliphatic heterocycles. The molecule has 2 saturated heterocycles. The molecule has 2 rings (SSSR count). The Morgan fingerprint density at radius 1 is 1.21 bits per heavy atom. The summed E-state index contributed by atoms with van der Waals surface area (Å²) in [6.45, 7) is 6.38. The second-order valence-corrected chi connectivity index (χ2v) is 5.05. The number of hydrogen-bond acceptors (Lipinski definition) is 4. The number of carbonyl (C=O) groups excluding carboxylic acids is 2. The molecular weight excluding hydrogens is 246 g/mol. The van der Waals surface area contributed by atoms with E-state index in [0.29, 0.717) is 32.8 Å². The summed E-state index contributed by atoms with van der Waals surface area (Å²) in [5.41, 5.74) is 0. The van der Waals surface area contributed by atoms with Gasteiger partial charge in [0.15, 0.2) is 0 Å². The highest BCUT2D eigenvalue weighted by molar-refractivity contribution is 5.79. The molecule has 6 nitrogen and oxygen atoms in total. The van der Waals surface area contributed by atoms with Gasteiger partial charge in [0.1, 0.15) is 0 Å². The Morgan fingerprint density at radius 3 is 2.47 bits per heavy atom. The molecule has 2 amide bonds. The molecule has 2 fully saturated rings. The standard InChI is InChI=1S/C13H23N3O3/c1-2-19-13(18)16-8-6-15(7-9-16)12(17)11-4-3-5-14-10-11/h11,14H,2-10H2,1H3. The van der Waals surface area contributed by atoms with Crippen molar-refractivity contribution in [3.05, 3.63) is 0 Å². The minimum Gasteiger partial charge on any atom is -0.450 e. The van der Waals surface area contributed by atoms with E-state index < -0.39 is 0 Å². The minimum absolute atomic E-state index is 0.114. The number of ether oxygens (including phenoxy) is 1. The molecule has 2 aliphatic rings. The second-order valence-electron chi connectivity index (χ2n) is 5.05. The zero-order valence-electron chi connectivity index (χ0n) is 11.6. The smallest absolute Gasteiger partial charge is 0.409 e. The topological polar surface area (TPSA) is 61.9 Å². The zero-order chi connectivity index (χ0) is 13.7. The lowest BCUT2D eigenvalue weighted by molar-refractivity contribution is -0.137. The summed E-state index contributed by atoms with van der Waals surface area (Å²) in [6, 6.07) is 0. The third-order valence-corrected chi connectivity index (χ3v) is 3.76. The Kier molecular flexibility index (Phi) is 5.01. The fourth-order valence-electron chi connectivity index (χ4n) is 2.64. The summed E-state index contributed by atoms with van der Waals surface area (Å²) >= 11 is 0. The van der Waals surface area contributed by atoms with Crippen LogP contribution in [0.15, 0.2) is 0 Å². The molecule has 0 spiro atoms. The molecule has 6 heteroatoms. The van der Waals surface area contributed by atoms with Crippen LogP contribution in [-0.4, -0.2) is 67.7 Å². The van der Waals surface area contributed by atoms with Crippen LogP contribution in [0.4, 0.5) is 4.79 Å². The molecule has 1 N–H and O–H groups in total. The monoisotopic (exact) mass is 269 g/mol. The molecule has 0 saturated carbocycles. The summed E-state index contributed by atoms with van der Waals surface area (Å²) in [5.74, 6) is 0.346. The highest BCUT2D eigenvalue weighted by atomic mass is 16.6. The summed E-state index contributed by atoms with van der Waals surface area (Å²) in [5, 5.41) is 3.27. The molecule has 2 heterocycles. The van der Waals surface area contributed by atoms with Gasteiger partial charge in [-0.05, 0) is 26.3 Å². The van der Waals surface area contributed by atoms with Gasteiger partial charge in [0.2, 0.25) is 5.91 Å². The predicted molar refractivity (Wildman–Crippen MR) is 70.8 cm³/mol. The highest BCUT2D eigenvalue weighted by Crippen LogP contribution is 2.15. The number of nitrogens with one attached hydrogen (secondary N) is 1. The highest BCUT2D eigenvalue weighted by Gasteiger charge is 2.29. The largest absolute Gasteiger partial charge is 0.450 e. The van der Waals surface area contributed by atoms with Crippen LogP contribution in [0.25, 0.3) is 0 Å². The molecule has 108 valence electrons. The van der Waals surface area contributed by atoms with Gasteiger partial charge >= 0.3 is 6.09 Å². The predicted octanol–water partition coefficient (Wildman–Crippen LogP) is 0.287. The molecule has 1 atom stereocenters. The number of rotatable bonds is 2. The van der Waals surface area contributed by atoms with Gasteiger partial charge in [0.05, 0.1) is 12.5 Å². The van der Waals surface area contributed by atoms with E-state index in [1.807, 2.05) is 4.90 Å². The fourth-order valence-corrected chi connectivity index (χ4v) is 2.64. The van der Waals surface area contributed by atoms with Crippen molar-refractivity contribution in [3.63, 3.8) is 0 Å². The molecule has 0 radical (unpaired) electrons. The zero-order valence-corrected chi connectivity index (χ0v) is 11.6. The van der Waals surface area contributed by atoms with E-state index in [-0.39, 0.29) is 17.9 Å². The van der Waals surface area contributed by atoms with Crippen LogP contribution in [0.5, 0.6) is 0 Å². The van der Waals surface area contributed by atoms with Crippen LogP contribution in [0, 0.1) is 5.92 Å². The van der Waals surface area contributed by atoms with Gasteiger partial charge in [0, 0.05) is 32.7 Å². The molecule has 19 heavy (non-hydrogen) atoms. The molecule has 0 aromatic heterocycles. The SMILES string of the molecule is CCOC(=O)N1CCN(C(=O)C2CCCNC2)CC1. The minimum atomic E-state index is -0.270. The lowest BCUT2D eigenvalue weighted by atomic mass is 9.98. The van der Waals surface area contributed by atoms with Gasteiger partial charge in [-0.25, -0.2) is 4.79 Å². The summed E-state index contributed by atoms with van der Waals surface area (Å²) in [4.78, 5) is 27.4. The lowest BCUT2D eigenvalue weighted by Crippen LogP contribution is -2.53. The van der Waals surface area contributed by atoms with Gasteiger partial charge in [-0.2, -0.15) is 0 Å². The Balaban J connectivity index is 1.79. The molecular formula is C13H23N3O3. The molecule has 0 aromatic rings. The number of carbonyl (C=O) groups is 2. The summed E-state index contributed by atoms with van der Waals surface area (Å²) < 4.78 is 4.97. The van der Waals surface area contributed by atoms with Crippen molar-refractivity contribution in [1.82, 2.24) is 15.1 Å². The number of piperazine rings is 1. The van der Waals surface area contributed by atoms with Crippen LogP contribution >= 0.6 is 0 Å². The Morgan fingerprint density at radius 2 is 1.89 bits per heavy atom. The van der Waals surface area contributed by atoms with Crippen molar-refractivity contribution in [2.24, 2.45) is 5.92 Å². The van der Waals surface area contributed by atoms with Crippen molar-refractivity contribution in [3.8, 4) is 0 Å². The molecule has 0 bridgehead atoms. The Bertz CT molecular complexity index is 321. The first-order valence-corrected chi connectivity index (χ1v) is 7.13. The van der Waals surface area contributed by atoms with Crippen LogP contribution in [0.1, 0.15) is 19.8 Å². The first-order chi connectivity index (χ1) is 9.22. The molecule has 1 unspecified atom stereocenters. The van der Waals surface area contributed by atoms with E-state index in [4.69, 9.17) is 4.74 Å². The van der Waals surface area contributed by atoms with E-state index in [9.17, 15) is 9.59 Å². The normalized spacial score (nSPS) is 24.2. The van der Waals surface area contributed by atoms with Gasteiger partial charge in [-0.15, -0.1) is 0 Å². The van der Waals surface area contributed by atoms with Crippen molar-refractivity contribution in [2.45, 2.75) is 19.8 Å². The summed E-state index contributed by atoms with van der Waals surface area (Å²) in [7, 11) is 0. The quantitative estimate of drug-likeness (QED) is 0.782. The van der Waals surface area contributed by atoms with Gasteiger partial charge in [0.25, 0.3) is 0 Å². The number of amides is 2. The maximum absolute atomic E-state index is 12.3. The van der Waals surface area contributed by atoms with Crippen LogP contribution in [0.3, 0.4) is 0 Å². The lowest BCUT2D eigenvalue weighted by Gasteiger charge is -2.36. The average Bonchev–Trinajstić information content (AvgIpc) is 2.48. The van der Waals surface area contributed by atoms with Crippen molar-refractivity contribution < 1.29 is 14.3 Å². The molecule has 0 aromatic carbocycles. The fraction of sp³-hybridized carbons (Fsp3) is 0.846. The third-order valence-electron chi connectivity index (χ3n) is 3.76. The Labute approximate surface area is 114 Å². The van der Waals surface area contributed by atoms with Crippen LogP contribution < -0.4 is 5.32 Å². The third kappa shape index (κ3) is 3.59. The van der Waals surface area contributed by atoms with Crippen LogP contribution in [-0.2, 0) is 9.53 Å². The number of nitrogens with zero attached hydrogens (tertiary/aromatic N) is 2.